The first kappa shape index (κ1) is 20.1. The summed E-state index contributed by atoms with van der Waals surface area (Å²) in [6.45, 7) is 7.13. The summed E-state index contributed by atoms with van der Waals surface area (Å²) in [5.74, 6) is -0.132. The van der Waals surface area contributed by atoms with E-state index in [0.29, 0.717) is 51.1 Å². The monoisotopic (exact) mass is 404 g/mol. The molecular weight excluding hydrogens is 376 g/mol. The quantitative estimate of drug-likeness (QED) is 0.541. The maximum absolute atomic E-state index is 13.3. The minimum absolute atomic E-state index is 0.0534. The molecule has 3 aliphatic heterocycles. The first-order valence-corrected chi connectivity index (χ1v) is 10.4. The third-order valence-electron chi connectivity index (χ3n) is 5.92. The Morgan fingerprint density at radius 2 is 1.86 bits per heavy atom. The van der Waals surface area contributed by atoms with E-state index in [1.54, 1.807) is 6.07 Å². The van der Waals surface area contributed by atoms with Crippen LogP contribution in [0.2, 0.25) is 0 Å². The number of piperazine rings is 1. The number of non-ortho nitro benzene ring substituents is 1. The Morgan fingerprint density at radius 1 is 1.10 bits per heavy atom. The van der Waals surface area contributed by atoms with E-state index < -0.39 is 4.92 Å². The number of nitro groups is 1. The molecule has 0 aromatic heterocycles. The van der Waals surface area contributed by atoms with E-state index in [1.807, 2.05) is 4.90 Å². The van der Waals surface area contributed by atoms with E-state index in [-0.39, 0.29) is 11.6 Å². The Bertz CT molecular complexity index is 738. The smallest absolute Gasteiger partial charge is 0.270 e. The van der Waals surface area contributed by atoms with Crippen molar-refractivity contribution in [3.8, 4) is 0 Å². The van der Waals surface area contributed by atoms with Gasteiger partial charge in [0.1, 0.15) is 0 Å². The van der Waals surface area contributed by atoms with Crippen LogP contribution in [0.1, 0.15) is 23.2 Å². The van der Waals surface area contributed by atoms with Gasteiger partial charge in [0.15, 0.2) is 0 Å². The highest BCUT2D eigenvalue weighted by molar-refractivity contribution is 6.00. The zero-order valence-corrected chi connectivity index (χ0v) is 16.6. The fourth-order valence-corrected chi connectivity index (χ4v) is 4.27. The van der Waals surface area contributed by atoms with Crippen LogP contribution in [-0.4, -0.2) is 92.4 Å². The van der Waals surface area contributed by atoms with Gasteiger partial charge in [-0.05, 0) is 18.9 Å². The molecule has 3 saturated heterocycles. The fourth-order valence-electron chi connectivity index (χ4n) is 4.27. The molecule has 1 atom stereocenters. The minimum Gasteiger partial charge on any atom is -0.378 e. The topological polar surface area (TPSA) is 88.4 Å². The first-order valence-electron chi connectivity index (χ1n) is 10.4. The van der Waals surface area contributed by atoms with E-state index in [9.17, 15) is 14.9 Å². The number of morpholine rings is 1. The molecule has 158 valence electrons. The highest BCUT2D eigenvalue weighted by Crippen LogP contribution is 2.28. The summed E-state index contributed by atoms with van der Waals surface area (Å²) < 4.78 is 11.1. The predicted molar refractivity (Wildman–Crippen MR) is 107 cm³/mol. The molecule has 0 spiro atoms. The normalized spacial score (nSPS) is 23.4. The Labute approximate surface area is 170 Å². The van der Waals surface area contributed by atoms with Gasteiger partial charge in [-0.2, -0.15) is 0 Å². The molecule has 0 bridgehead atoms. The molecule has 0 N–H and O–H groups in total. The molecule has 29 heavy (non-hydrogen) atoms. The van der Waals surface area contributed by atoms with Gasteiger partial charge in [-0.25, -0.2) is 0 Å². The highest BCUT2D eigenvalue weighted by atomic mass is 16.6. The summed E-state index contributed by atoms with van der Waals surface area (Å²) in [6, 6.07) is 4.59. The van der Waals surface area contributed by atoms with Gasteiger partial charge in [-0.3, -0.25) is 19.8 Å². The number of carbonyl (C=O) groups is 1. The van der Waals surface area contributed by atoms with Crippen LogP contribution in [0.25, 0.3) is 0 Å². The lowest BCUT2D eigenvalue weighted by molar-refractivity contribution is -0.384. The highest BCUT2D eigenvalue weighted by Gasteiger charge is 2.29. The van der Waals surface area contributed by atoms with Gasteiger partial charge in [-0.1, -0.05) is 0 Å². The zero-order chi connectivity index (χ0) is 20.2. The summed E-state index contributed by atoms with van der Waals surface area (Å²) in [6.07, 6.45) is 2.54. The molecule has 1 aromatic rings. The zero-order valence-electron chi connectivity index (χ0n) is 16.6. The predicted octanol–water partition coefficient (Wildman–Crippen LogP) is 1.37. The number of nitrogens with zero attached hydrogens (tertiary/aromatic N) is 4. The van der Waals surface area contributed by atoms with Crippen molar-refractivity contribution in [1.29, 1.82) is 0 Å². The van der Waals surface area contributed by atoms with Crippen molar-refractivity contribution in [3.63, 3.8) is 0 Å². The molecule has 0 saturated carbocycles. The van der Waals surface area contributed by atoms with E-state index in [1.165, 1.54) is 12.1 Å². The van der Waals surface area contributed by atoms with Gasteiger partial charge < -0.3 is 19.3 Å². The second-order valence-electron chi connectivity index (χ2n) is 7.79. The van der Waals surface area contributed by atoms with Crippen LogP contribution in [0.4, 0.5) is 11.4 Å². The van der Waals surface area contributed by atoms with Crippen LogP contribution < -0.4 is 4.90 Å². The maximum atomic E-state index is 13.3. The molecule has 3 heterocycles. The molecule has 1 aromatic carbocycles. The summed E-state index contributed by atoms with van der Waals surface area (Å²) >= 11 is 0. The van der Waals surface area contributed by atoms with Gasteiger partial charge in [-0.15, -0.1) is 0 Å². The van der Waals surface area contributed by atoms with Crippen LogP contribution >= 0.6 is 0 Å². The van der Waals surface area contributed by atoms with Crippen LogP contribution in [0, 0.1) is 10.1 Å². The van der Waals surface area contributed by atoms with E-state index in [4.69, 9.17) is 9.47 Å². The number of anilines is 1. The molecule has 4 rings (SSSR count). The number of hydrogen-bond acceptors (Lipinski definition) is 7. The SMILES string of the molecule is O=C(c1cc([N+](=O)[O-])ccc1N1CCOCC1)N1CCN(CC2CCCO2)CC1. The Morgan fingerprint density at radius 3 is 2.52 bits per heavy atom. The third kappa shape index (κ3) is 4.68. The molecule has 1 unspecified atom stereocenters. The Balaban J connectivity index is 1.46. The fraction of sp³-hybridized carbons (Fsp3) is 0.650. The number of benzene rings is 1. The standard InChI is InChI=1S/C20H28N4O5/c25-20(23-7-5-21(6-8-23)15-17-2-1-11-29-17)18-14-16(24(26)27)3-4-19(18)22-9-12-28-13-10-22/h3-4,14,17H,1-2,5-13,15H2. The number of amides is 1. The molecule has 9 heteroatoms. The van der Waals surface area contributed by atoms with Crippen LogP contribution in [-0.2, 0) is 9.47 Å². The van der Waals surface area contributed by atoms with Crippen molar-refractivity contribution in [1.82, 2.24) is 9.80 Å². The second-order valence-corrected chi connectivity index (χ2v) is 7.79. The Kier molecular flexibility index (Phi) is 6.27. The Hall–Kier alpha value is -2.23. The summed E-state index contributed by atoms with van der Waals surface area (Å²) in [5, 5.41) is 11.3. The number of nitro benzene ring substituents is 1. The van der Waals surface area contributed by atoms with Crippen molar-refractivity contribution in [2.75, 3.05) is 70.5 Å². The van der Waals surface area contributed by atoms with Crippen LogP contribution in [0.5, 0.6) is 0 Å². The molecule has 3 aliphatic rings. The molecule has 1 amide bonds. The van der Waals surface area contributed by atoms with Gasteiger partial charge in [0.2, 0.25) is 0 Å². The lowest BCUT2D eigenvalue weighted by atomic mass is 10.1. The van der Waals surface area contributed by atoms with Crippen molar-refractivity contribution in [2.45, 2.75) is 18.9 Å². The van der Waals surface area contributed by atoms with Crippen LogP contribution in [0.15, 0.2) is 18.2 Å². The van der Waals surface area contributed by atoms with E-state index in [2.05, 4.69) is 9.80 Å². The average molecular weight is 404 g/mol. The molecule has 0 aliphatic carbocycles. The van der Waals surface area contributed by atoms with Crippen LogP contribution in [0.3, 0.4) is 0 Å². The van der Waals surface area contributed by atoms with E-state index >= 15 is 0 Å². The molecule has 3 fully saturated rings. The van der Waals surface area contributed by atoms with Crippen molar-refractivity contribution >= 4 is 17.3 Å². The summed E-state index contributed by atoms with van der Waals surface area (Å²) in [4.78, 5) is 30.4. The second kappa shape index (κ2) is 9.06. The number of carbonyl (C=O) groups excluding carboxylic acids is 1. The number of hydrogen-bond donors (Lipinski definition) is 0. The van der Waals surface area contributed by atoms with Gasteiger partial charge >= 0.3 is 0 Å². The third-order valence-corrected chi connectivity index (χ3v) is 5.92. The van der Waals surface area contributed by atoms with Crippen molar-refractivity contribution < 1.29 is 19.2 Å². The number of rotatable bonds is 5. The van der Waals surface area contributed by atoms with Gasteiger partial charge in [0, 0.05) is 64.6 Å². The molecular formula is C20H28N4O5. The maximum Gasteiger partial charge on any atom is 0.270 e. The lowest BCUT2D eigenvalue weighted by Crippen LogP contribution is -2.50. The van der Waals surface area contributed by atoms with Gasteiger partial charge in [0.05, 0.1) is 35.5 Å². The van der Waals surface area contributed by atoms with E-state index in [0.717, 1.165) is 44.8 Å². The number of ether oxygens (including phenoxy) is 2. The minimum atomic E-state index is -0.445. The first-order chi connectivity index (χ1) is 14.1. The van der Waals surface area contributed by atoms with Gasteiger partial charge in [0.25, 0.3) is 11.6 Å². The molecule has 0 radical (unpaired) electrons. The largest absolute Gasteiger partial charge is 0.378 e. The average Bonchev–Trinajstić information content (AvgIpc) is 3.27. The summed E-state index contributed by atoms with van der Waals surface area (Å²) in [7, 11) is 0. The molecule has 9 nitrogen and oxygen atoms in total. The van der Waals surface area contributed by atoms with Crippen molar-refractivity contribution in [2.24, 2.45) is 0 Å². The summed E-state index contributed by atoms with van der Waals surface area (Å²) in [5.41, 5.74) is 1.11. The van der Waals surface area contributed by atoms with Crippen molar-refractivity contribution in [3.05, 3.63) is 33.9 Å². The lowest BCUT2D eigenvalue weighted by Gasteiger charge is -2.37.